The molecule has 4 N–H and O–H groups in total. The van der Waals surface area contributed by atoms with Crippen LogP contribution in [0.4, 0.5) is 0 Å². The maximum Gasteiger partial charge on any atom is 0 e. The molecule has 0 aromatic heterocycles. The normalized spacial score (nSPS) is 5.45. The van der Waals surface area contributed by atoms with Crippen LogP contribution in [-0.2, 0) is 25.8 Å². The Labute approximate surface area is 90.2 Å². The van der Waals surface area contributed by atoms with Gasteiger partial charge in [-0.2, -0.15) is 12.8 Å². The summed E-state index contributed by atoms with van der Waals surface area (Å²) in [7, 11) is 0. The van der Waals surface area contributed by atoms with E-state index < -0.39 is 0 Å². The van der Waals surface area contributed by atoms with Gasteiger partial charge in [0, 0.05) is 25.8 Å². The van der Waals surface area contributed by atoms with Crippen molar-refractivity contribution >= 4 is 0 Å². The van der Waals surface area contributed by atoms with Crippen LogP contribution < -0.4 is 0 Å². The van der Waals surface area contributed by atoms with Gasteiger partial charge in [-0.25, -0.2) is 0 Å². The Hall–Kier alpha value is 0.790. The van der Waals surface area contributed by atoms with Crippen LogP contribution in [0, 0.1) is 13.8 Å². The molecule has 0 unspecified atom stereocenters. The van der Waals surface area contributed by atoms with Crippen molar-refractivity contribution < 1.29 is 36.8 Å². The molecule has 0 bridgehead atoms. The van der Waals surface area contributed by atoms with Gasteiger partial charge in [0.15, 0.2) is 0 Å². The van der Waals surface area contributed by atoms with Crippen LogP contribution in [0.2, 0.25) is 0 Å². The van der Waals surface area contributed by atoms with Crippen LogP contribution in [0.1, 0.15) is 39.5 Å². The van der Waals surface area contributed by atoms with Gasteiger partial charge in [0.2, 0.25) is 0 Å². The first-order chi connectivity index (χ1) is 3.83. The third-order valence-electron chi connectivity index (χ3n) is 0.707. The van der Waals surface area contributed by atoms with Crippen molar-refractivity contribution in [3.8, 4) is 0 Å². The monoisotopic (exact) mass is 330 g/mol. The van der Waals surface area contributed by atoms with Crippen molar-refractivity contribution in [2.45, 2.75) is 39.5 Å². The van der Waals surface area contributed by atoms with E-state index in [9.17, 15) is 0 Å². The molecule has 0 aromatic rings. The first-order valence-electron chi connectivity index (χ1n) is 3.41. The molecule has 0 aliphatic heterocycles. The van der Waals surface area contributed by atoms with Gasteiger partial charge in [-0.1, -0.05) is 26.7 Å². The third kappa shape index (κ3) is 107. The minimum Gasteiger partial charge on any atom is -0.412 e. The zero-order chi connectivity index (χ0) is 6.83. The summed E-state index contributed by atoms with van der Waals surface area (Å²) >= 11 is 0. The zero-order valence-electron chi connectivity index (χ0n) is 7.74. The van der Waals surface area contributed by atoms with Crippen molar-refractivity contribution in [3.63, 3.8) is 0 Å². The smallest absolute Gasteiger partial charge is 0 e. The van der Waals surface area contributed by atoms with E-state index in [0.717, 1.165) is 12.8 Å². The summed E-state index contributed by atoms with van der Waals surface area (Å²) in [5, 5.41) is 0. The molecule has 0 spiro atoms. The fourth-order valence-corrected chi connectivity index (χ4v) is 0. The predicted molar refractivity (Wildman–Crippen MR) is 47.8 cm³/mol. The summed E-state index contributed by atoms with van der Waals surface area (Å²) in [6.07, 6.45) is 4.56. The molecule has 72 valence electrons. The largest absolute Gasteiger partial charge is 0.412 e. The van der Waals surface area contributed by atoms with Crippen LogP contribution in [0.3, 0.4) is 0 Å². The van der Waals surface area contributed by atoms with E-state index in [1.54, 1.807) is 0 Å². The molecule has 0 amide bonds. The van der Waals surface area contributed by atoms with Crippen molar-refractivity contribution in [1.29, 1.82) is 0 Å². The maximum absolute atomic E-state index is 3.60. The SMILES string of the molecule is O.O.[CH2-]CCC.[CH2-]CCC.[Hf]. The molecule has 11 heavy (non-hydrogen) atoms. The van der Waals surface area contributed by atoms with E-state index in [1.807, 2.05) is 0 Å². The average molecular weight is 329 g/mol. The third-order valence-corrected chi connectivity index (χ3v) is 0.707. The van der Waals surface area contributed by atoms with E-state index in [4.69, 9.17) is 0 Å². The summed E-state index contributed by atoms with van der Waals surface area (Å²) in [5.74, 6) is 0. The first-order valence-corrected chi connectivity index (χ1v) is 3.41. The van der Waals surface area contributed by atoms with Gasteiger partial charge in [0.05, 0.1) is 0 Å². The van der Waals surface area contributed by atoms with Gasteiger partial charge >= 0.3 is 0 Å². The Morgan fingerprint density at radius 3 is 0.909 bits per heavy atom. The van der Waals surface area contributed by atoms with Crippen molar-refractivity contribution in [2.24, 2.45) is 0 Å². The standard InChI is InChI=1S/2C4H9.Hf.2H2O/c2*1-3-4-2;;;/h2*1,3-4H2,2H3;;2*1H2/q2*-1;;;. The molecule has 2 nitrogen and oxygen atoms in total. The molecule has 0 saturated carbocycles. The van der Waals surface area contributed by atoms with Crippen LogP contribution >= 0.6 is 0 Å². The second kappa shape index (κ2) is 45.1. The van der Waals surface area contributed by atoms with E-state index >= 15 is 0 Å². The van der Waals surface area contributed by atoms with Gasteiger partial charge in [-0.3, -0.25) is 0 Å². The van der Waals surface area contributed by atoms with Crippen LogP contribution in [-0.4, -0.2) is 11.0 Å². The van der Waals surface area contributed by atoms with Gasteiger partial charge in [0.25, 0.3) is 0 Å². The Morgan fingerprint density at radius 2 is 0.909 bits per heavy atom. The Kier molecular flexibility index (Phi) is 122. The molecule has 0 atom stereocenters. The summed E-state index contributed by atoms with van der Waals surface area (Å²) < 4.78 is 0. The molecule has 0 fully saturated rings. The molecule has 0 aromatic carbocycles. The minimum absolute atomic E-state index is 0. The molecule has 0 heterocycles. The fourth-order valence-electron chi connectivity index (χ4n) is 0. The molecule has 0 rings (SSSR count). The molecular formula is C8H22HfO2-2. The molecule has 0 saturated heterocycles. The number of hydrogen-bond acceptors (Lipinski definition) is 0. The zero-order valence-corrected chi connectivity index (χ0v) is 11.3. The van der Waals surface area contributed by atoms with Crippen molar-refractivity contribution in [2.75, 3.05) is 0 Å². The van der Waals surface area contributed by atoms with Gasteiger partial charge < -0.3 is 24.8 Å². The predicted octanol–water partition coefficient (Wildman–Crippen LogP) is 1.59. The number of rotatable bonds is 2. The van der Waals surface area contributed by atoms with Crippen molar-refractivity contribution in [1.82, 2.24) is 0 Å². The van der Waals surface area contributed by atoms with Gasteiger partial charge in [-0.05, 0) is 0 Å². The van der Waals surface area contributed by atoms with Gasteiger partial charge in [0.1, 0.15) is 0 Å². The summed E-state index contributed by atoms with van der Waals surface area (Å²) in [4.78, 5) is 0. The summed E-state index contributed by atoms with van der Waals surface area (Å²) in [5.41, 5.74) is 0. The molecule has 0 aliphatic rings. The average Bonchev–Trinajstić information content (AvgIpc) is 1.88. The van der Waals surface area contributed by atoms with Crippen LogP contribution in [0.25, 0.3) is 0 Å². The summed E-state index contributed by atoms with van der Waals surface area (Å²) in [6.45, 7) is 11.4. The molecule has 0 aliphatic carbocycles. The second-order valence-corrected chi connectivity index (χ2v) is 1.71. The molecule has 0 radical (unpaired) electrons. The van der Waals surface area contributed by atoms with Crippen LogP contribution in [0.15, 0.2) is 0 Å². The molecule has 3 heteroatoms. The topological polar surface area (TPSA) is 63.0 Å². The van der Waals surface area contributed by atoms with Gasteiger partial charge in [-0.15, -0.1) is 0 Å². The Morgan fingerprint density at radius 1 is 0.818 bits per heavy atom. The maximum atomic E-state index is 3.60. The molecular weight excluding hydrogens is 307 g/mol. The number of unbranched alkanes of at least 4 members (excludes halogenated alkanes) is 2. The van der Waals surface area contributed by atoms with E-state index in [0.29, 0.717) is 0 Å². The fraction of sp³-hybridized carbons (Fsp3) is 0.750. The van der Waals surface area contributed by atoms with E-state index in [-0.39, 0.29) is 36.8 Å². The van der Waals surface area contributed by atoms with E-state index in [2.05, 4.69) is 27.7 Å². The van der Waals surface area contributed by atoms with Crippen molar-refractivity contribution in [3.05, 3.63) is 13.8 Å². The van der Waals surface area contributed by atoms with Crippen LogP contribution in [0.5, 0.6) is 0 Å². The number of hydrogen-bond donors (Lipinski definition) is 0. The first kappa shape index (κ1) is 29.8. The Balaban J connectivity index is -0.0000000171. The summed E-state index contributed by atoms with van der Waals surface area (Å²) in [6, 6.07) is 0. The van der Waals surface area contributed by atoms with E-state index in [1.165, 1.54) is 12.8 Å². The quantitative estimate of drug-likeness (QED) is 0.546. The minimum atomic E-state index is 0. The second-order valence-electron chi connectivity index (χ2n) is 1.71. The Bertz CT molecular complexity index is 20.1.